The highest BCUT2D eigenvalue weighted by Crippen LogP contribution is 2.46. The van der Waals surface area contributed by atoms with E-state index in [0.717, 1.165) is 0 Å². The van der Waals surface area contributed by atoms with Crippen molar-refractivity contribution in [1.29, 1.82) is 0 Å². The molecule has 1 saturated heterocycles. The number of hydrogen-bond donors (Lipinski definition) is 1. The van der Waals surface area contributed by atoms with Crippen LogP contribution < -0.4 is 14.8 Å². The van der Waals surface area contributed by atoms with Crippen LogP contribution in [0.1, 0.15) is 28.8 Å². The van der Waals surface area contributed by atoms with Gasteiger partial charge in [0.1, 0.15) is 6.10 Å². The van der Waals surface area contributed by atoms with Crippen molar-refractivity contribution in [3.05, 3.63) is 47.5 Å². The molecule has 4 rings (SSSR count). The Morgan fingerprint density at radius 1 is 1.00 bits per heavy atom. The Hall–Kier alpha value is -2.87. The van der Waals surface area contributed by atoms with Gasteiger partial charge in [-0.15, -0.1) is 0 Å². The van der Waals surface area contributed by atoms with E-state index in [1.807, 2.05) is 0 Å². The molecule has 146 valence electrons. The van der Waals surface area contributed by atoms with Crippen LogP contribution in [-0.2, 0) is 4.79 Å². The molecule has 28 heavy (non-hydrogen) atoms. The lowest BCUT2D eigenvalue weighted by Crippen LogP contribution is -2.34. The molecule has 1 heterocycles. The molecule has 1 aliphatic carbocycles. The largest absolute Gasteiger partial charge is 0.491 e. The Bertz CT molecular complexity index is 949. The van der Waals surface area contributed by atoms with Gasteiger partial charge in [0.15, 0.2) is 17.3 Å². The highest BCUT2D eigenvalue weighted by Gasteiger charge is 2.43. The fourth-order valence-electron chi connectivity index (χ4n) is 3.50. The third-order valence-electron chi connectivity index (χ3n) is 4.82. The predicted molar refractivity (Wildman–Crippen MR) is 93.5 cm³/mol. The van der Waals surface area contributed by atoms with Gasteiger partial charge in [0, 0.05) is 5.56 Å². The second kappa shape index (κ2) is 6.94. The summed E-state index contributed by atoms with van der Waals surface area (Å²) in [6.07, 6.45) is -4.14. The van der Waals surface area contributed by atoms with Crippen molar-refractivity contribution in [2.75, 3.05) is 13.1 Å². The molecule has 0 atom stereocenters. The van der Waals surface area contributed by atoms with Crippen LogP contribution in [-0.4, -0.2) is 37.1 Å². The fraction of sp³-hybridized carbons (Fsp3) is 0.300. The standard InChI is InChI=1S/C20H16F3NO4/c21-20(22,23)19(26)28-18-15(27-11-7-9-24-10-8-11)6-5-13-12-3-1-2-4-14(12)17(25)16(13)18/h1-6,11,24H,7-10H2. The summed E-state index contributed by atoms with van der Waals surface area (Å²) in [5, 5.41) is 3.16. The van der Waals surface area contributed by atoms with Crippen molar-refractivity contribution >= 4 is 11.8 Å². The summed E-state index contributed by atoms with van der Waals surface area (Å²) >= 11 is 0. The quantitative estimate of drug-likeness (QED) is 0.547. The van der Waals surface area contributed by atoms with Gasteiger partial charge in [-0.3, -0.25) is 4.79 Å². The number of carbonyl (C=O) groups is 2. The van der Waals surface area contributed by atoms with Gasteiger partial charge in [0.05, 0.1) is 5.56 Å². The lowest BCUT2D eigenvalue weighted by atomic mass is 10.0. The van der Waals surface area contributed by atoms with E-state index in [1.165, 1.54) is 6.07 Å². The molecule has 2 aromatic carbocycles. The Labute approximate surface area is 158 Å². The molecule has 0 spiro atoms. The summed E-state index contributed by atoms with van der Waals surface area (Å²) in [7, 11) is 0. The van der Waals surface area contributed by atoms with Gasteiger partial charge >= 0.3 is 12.1 Å². The van der Waals surface area contributed by atoms with E-state index in [9.17, 15) is 22.8 Å². The maximum absolute atomic E-state index is 12.8. The van der Waals surface area contributed by atoms with Crippen LogP contribution in [0.15, 0.2) is 36.4 Å². The Kier molecular flexibility index (Phi) is 4.58. The van der Waals surface area contributed by atoms with E-state index in [1.54, 1.807) is 30.3 Å². The molecule has 0 aromatic heterocycles. The molecule has 2 aromatic rings. The lowest BCUT2D eigenvalue weighted by Gasteiger charge is -2.25. The molecule has 0 amide bonds. The fourth-order valence-corrected chi connectivity index (χ4v) is 3.50. The van der Waals surface area contributed by atoms with Gasteiger partial charge < -0.3 is 14.8 Å². The summed E-state index contributed by atoms with van der Waals surface area (Å²) in [5.41, 5.74) is 1.27. The SMILES string of the molecule is O=C1c2ccccc2-c2ccc(OC3CCNCC3)c(OC(=O)C(F)(F)F)c21. The minimum atomic E-state index is -5.19. The molecule has 0 radical (unpaired) electrons. The third kappa shape index (κ3) is 3.24. The predicted octanol–water partition coefficient (Wildman–Crippen LogP) is 3.50. The first kappa shape index (κ1) is 18.5. The zero-order valence-corrected chi connectivity index (χ0v) is 14.6. The van der Waals surface area contributed by atoms with Crippen molar-refractivity contribution in [3.8, 4) is 22.6 Å². The van der Waals surface area contributed by atoms with Crippen LogP contribution in [0.5, 0.6) is 11.5 Å². The highest BCUT2D eigenvalue weighted by molar-refractivity contribution is 6.23. The number of halogens is 3. The smallest absolute Gasteiger partial charge is 0.486 e. The number of piperidine rings is 1. The highest BCUT2D eigenvalue weighted by atomic mass is 19.4. The normalized spacial score (nSPS) is 16.5. The Morgan fingerprint density at radius 2 is 1.68 bits per heavy atom. The van der Waals surface area contributed by atoms with E-state index >= 15 is 0 Å². The van der Waals surface area contributed by atoms with Gasteiger partial charge in [0.2, 0.25) is 0 Å². The van der Waals surface area contributed by atoms with Crippen LogP contribution in [0.4, 0.5) is 13.2 Å². The molecule has 0 bridgehead atoms. The van der Waals surface area contributed by atoms with E-state index in [-0.39, 0.29) is 17.4 Å². The molecule has 0 saturated carbocycles. The maximum atomic E-state index is 12.8. The topological polar surface area (TPSA) is 64.6 Å². The van der Waals surface area contributed by atoms with Gasteiger partial charge in [-0.1, -0.05) is 24.3 Å². The number of nitrogens with one attached hydrogen (secondary N) is 1. The molecule has 0 unspecified atom stereocenters. The molecular weight excluding hydrogens is 375 g/mol. The second-order valence-electron chi connectivity index (χ2n) is 6.64. The zero-order valence-electron chi connectivity index (χ0n) is 14.6. The molecule has 2 aliphatic rings. The molecule has 1 fully saturated rings. The second-order valence-corrected chi connectivity index (χ2v) is 6.64. The van der Waals surface area contributed by atoms with Crippen molar-refractivity contribution in [2.24, 2.45) is 0 Å². The number of ketones is 1. The van der Waals surface area contributed by atoms with Crippen LogP contribution in [0.25, 0.3) is 11.1 Å². The van der Waals surface area contributed by atoms with Gasteiger partial charge in [0.25, 0.3) is 0 Å². The summed E-state index contributed by atoms with van der Waals surface area (Å²) < 4.78 is 49.0. The number of alkyl halides is 3. The summed E-state index contributed by atoms with van der Waals surface area (Å²) in [6.45, 7) is 1.41. The molecule has 1 N–H and O–H groups in total. The number of benzene rings is 2. The lowest BCUT2D eigenvalue weighted by molar-refractivity contribution is -0.189. The molecular formula is C20H16F3NO4. The van der Waals surface area contributed by atoms with Crippen molar-refractivity contribution in [3.63, 3.8) is 0 Å². The van der Waals surface area contributed by atoms with Crippen molar-refractivity contribution in [1.82, 2.24) is 5.32 Å². The zero-order chi connectivity index (χ0) is 19.9. The van der Waals surface area contributed by atoms with Crippen molar-refractivity contribution < 1.29 is 32.2 Å². The first-order valence-electron chi connectivity index (χ1n) is 8.83. The van der Waals surface area contributed by atoms with Gasteiger partial charge in [-0.05, 0) is 49.2 Å². The summed E-state index contributed by atoms with van der Waals surface area (Å²) in [4.78, 5) is 24.4. The summed E-state index contributed by atoms with van der Waals surface area (Å²) in [5.74, 6) is -3.39. The average Bonchev–Trinajstić information content (AvgIpc) is 2.96. The first-order valence-corrected chi connectivity index (χ1v) is 8.83. The van der Waals surface area contributed by atoms with Gasteiger partial charge in [-0.2, -0.15) is 13.2 Å². The first-order chi connectivity index (χ1) is 13.4. The van der Waals surface area contributed by atoms with E-state index in [0.29, 0.717) is 42.6 Å². The van der Waals surface area contributed by atoms with Crippen molar-refractivity contribution in [2.45, 2.75) is 25.1 Å². The minimum Gasteiger partial charge on any atom is -0.486 e. The van der Waals surface area contributed by atoms with Crippen LogP contribution in [0.3, 0.4) is 0 Å². The number of carbonyl (C=O) groups excluding carboxylic acids is 2. The van der Waals surface area contributed by atoms with Crippen LogP contribution in [0.2, 0.25) is 0 Å². The third-order valence-corrected chi connectivity index (χ3v) is 4.82. The Morgan fingerprint density at radius 3 is 2.36 bits per heavy atom. The maximum Gasteiger partial charge on any atom is 0.491 e. The van der Waals surface area contributed by atoms with Gasteiger partial charge in [-0.25, -0.2) is 4.79 Å². The monoisotopic (exact) mass is 391 g/mol. The van der Waals surface area contributed by atoms with Crippen LogP contribution >= 0.6 is 0 Å². The molecule has 1 aliphatic heterocycles. The number of hydrogen-bond acceptors (Lipinski definition) is 5. The van der Waals surface area contributed by atoms with E-state index < -0.39 is 23.7 Å². The number of ether oxygens (including phenoxy) is 2. The number of rotatable bonds is 3. The number of fused-ring (bicyclic) bond motifs is 3. The summed E-state index contributed by atoms with van der Waals surface area (Å²) in [6, 6.07) is 9.73. The Balaban J connectivity index is 1.79. The number of esters is 1. The van der Waals surface area contributed by atoms with E-state index in [4.69, 9.17) is 4.74 Å². The van der Waals surface area contributed by atoms with Crippen LogP contribution in [0, 0.1) is 0 Å². The molecule has 8 heteroatoms. The molecule has 5 nitrogen and oxygen atoms in total. The van der Waals surface area contributed by atoms with E-state index in [2.05, 4.69) is 10.1 Å². The average molecular weight is 391 g/mol. The minimum absolute atomic E-state index is 0.0376.